The van der Waals surface area contributed by atoms with Crippen molar-refractivity contribution in [2.75, 3.05) is 6.26 Å². The summed E-state index contributed by atoms with van der Waals surface area (Å²) < 4.78 is 56.2. The van der Waals surface area contributed by atoms with Crippen LogP contribution in [0.3, 0.4) is 0 Å². The lowest BCUT2D eigenvalue weighted by Gasteiger charge is -2.55. The number of nitrogens with one attached hydrogen (secondary N) is 2. The van der Waals surface area contributed by atoms with E-state index < -0.39 is 33.6 Å². The van der Waals surface area contributed by atoms with Gasteiger partial charge in [0.05, 0.1) is 12.3 Å². The number of hydrogen-bond donors (Lipinski definition) is 2. The fraction of sp³-hybridized carbons (Fsp3) is 0.400. The Bertz CT molecular complexity index is 1010. The second-order valence-corrected chi connectivity index (χ2v) is 9.99. The summed E-state index contributed by atoms with van der Waals surface area (Å²) >= 11 is 6.02. The molecule has 1 aliphatic carbocycles. The average molecular weight is 427 g/mol. The van der Waals surface area contributed by atoms with Gasteiger partial charge in [0.15, 0.2) is 0 Å². The summed E-state index contributed by atoms with van der Waals surface area (Å²) in [6.07, 6.45) is 1.72. The van der Waals surface area contributed by atoms with Gasteiger partial charge in [-0.25, -0.2) is 21.9 Å². The third kappa shape index (κ3) is 3.81. The van der Waals surface area contributed by atoms with Gasteiger partial charge in [0.25, 0.3) is 0 Å². The molecule has 2 heterocycles. The molecular weight excluding hydrogens is 406 g/mol. The first-order valence-corrected chi connectivity index (χ1v) is 11.4. The van der Waals surface area contributed by atoms with Crippen LogP contribution in [0.15, 0.2) is 42.5 Å². The number of hydrogen-bond acceptors (Lipinski definition) is 3. The molecule has 28 heavy (non-hydrogen) atoms. The van der Waals surface area contributed by atoms with Crippen molar-refractivity contribution in [1.82, 2.24) is 10.0 Å². The van der Waals surface area contributed by atoms with Gasteiger partial charge in [0, 0.05) is 22.7 Å². The molecule has 2 aromatic rings. The average Bonchev–Trinajstić information content (AvgIpc) is 2.57. The SMILES string of the molecule is CS(=O)(=O)N[C@@H]1[C@H](Cc2cccc(-c3cccc(Cl)c3)c2F)NC2CC1(F)C2. The van der Waals surface area contributed by atoms with E-state index in [-0.39, 0.29) is 25.3 Å². The monoisotopic (exact) mass is 426 g/mol. The van der Waals surface area contributed by atoms with E-state index in [9.17, 15) is 8.42 Å². The van der Waals surface area contributed by atoms with Crippen LogP contribution in [0.5, 0.6) is 0 Å². The van der Waals surface area contributed by atoms with E-state index in [1.807, 2.05) is 0 Å². The molecule has 150 valence electrons. The smallest absolute Gasteiger partial charge is 0.209 e. The molecule has 0 amide bonds. The quantitative estimate of drug-likeness (QED) is 0.770. The van der Waals surface area contributed by atoms with Gasteiger partial charge in [0.1, 0.15) is 11.5 Å². The molecule has 2 aliphatic heterocycles. The van der Waals surface area contributed by atoms with Crippen molar-refractivity contribution < 1.29 is 17.2 Å². The third-order valence-electron chi connectivity index (χ3n) is 5.58. The molecule has 3 fully saturated rings. The molecule has 0 unspecified atom stereocenters. The minimum absolute atomic E-state index is 0.00761. The summed E-state index contributed by atoms with van der Waals surface area (Å²) in [6, 6.07) is 10.5. The number of halogens is 3. The van der Waals surface area contributed by atoms with Crippen LogP contribution in [-0.2, 0) is 16.4 Å². The van der Waals surface area contributed by atoms with Crippen LogP contribution >= 0.6 is 11.6 Å². The molecule has 2 saturated heterocycles. The Balaban J connectivity index is 1.64. The van der Waals surface area contributed by atoms with Crippen LogP contribution in [0.2, 0.25) is 5.02 Å². The number of rotatable bonds is 5. The minimum Gasteiger partial charge on any atom is -0.309 e. The Labute approximate surface area is 168 Å². The summed E-state index contributed by atoms with van der Waals surface area (Å²) in [6.45, 7) is 0. The Morgan fingerprint density at radius 1 is 1.25 bits per heavy atom. The molecule has 2 N–H and O–H groups in total. The van der Waals surface area contributed by atoms with Crippen molar-refractivity contribution in [3.63, 3.8) is 0 Å². The zero-order chi connectivity index (χ0) is 20.1. The van der Waals surface area contributed by atoms with Crippen molar-refractivity contribution in [2.45, 2.75) is 43.1 Å². The summed E-state index contributed by atoms with van der Waals surface area (Å²) in [5.74, 6) is -0.406. The molecule has 0 radical (unpaired) electrons. The molecular formula is C20H21ClF2N2O2S. The third-order valence-corrected chi connectivity index (χ3v) is 6.49. The lowest BCUT2D eigenvalue weighted by molar-refractivity contribution is -0.0567. The molecule has 5 rings (SSSR count). The Kier molecular flexibility index (Phi) is 4.98. The van der Waals surface area contributed by atoms with Crippen LogP contribution in [0.1, 0.15) is 18.4 Å². The zero-order valence-electron chi connectivity index (χ0n) is 15.3. The number of benzene rings is 2. The first kappa shape index (κ1) is 19.8. The molecule has 4 nitrogen and oxygen atoms in total. The number of sulfonamides is 1. The Hall–Kier alpha value is -1.54. The van der Waals surface area contributed by atoms with Crippen LogP contribution in [-0.4, -0.2) is 38.5 Å². The fourth-order valence-corrected chi connectivity index (χ4v) is 5.37. The second kappa shape index (κ2) is 7.06. The number of alkyl halides is 1. The van der Waals surface area contributed by atoms with Gasteiger partial charge in [-0.15, -0.1) is 0 Å². The number of fused-ring (bicyclic) bond motifs is 2. The molecule has 2 atom stereocenters. The van der Waals surface area contributed by atoms with Gasteiger partial charge in [0.2, 0.25) is 10.0 Å². The van der Waals surface area contributed by atoms with Crippen molar-refractivity contribution in [2.24, 2.45) is 0 Å². The van der Waals surface area contributed by atoms with Crippen molar-refractivity contribution in [3.05, 3.63) is 58.9 Å². The Morgan fingerprint density at radius 2 is 1.96 bits per heavy atom. The van der Waals surface area contributed by atoms with Gasteiger partial charge in [-0.1, -0.05) is 41.9 Å². The fourth-order valence-electron chi connectivity index (χ4n) is 4.34. The first-order chi connectivity index (χ1) is 13.1. The maximum Gasteiger partial charge on any atom is 0.209 e. The molecule has 1 saturated carbocycles. The largest absolute Gasteiger partial charge is 0.309 e. The van der Waals surface area contributed by atoms with Crippen molar-refractivity contribution in [1.29, 1.82) is 0 Å². The van der Waals surface area contributed by atoms with Crippen LogP contribution in [0.4, 0.5) is 8.78 Å². The summed E-state index contributed by atoms with van der Waals surface area (Å²) in [5.41, 5.74) is -0.132. The van der Waals surface area contributed by atoms with Gasteiger partial charge in [-0.2, -0.15) is 0 Å². The first-order valence-electron chi connectivity index (χ1n) is 9.10. The van der Waals surface area contributed by atoms with E-state index >= 15 is 8.78 Å². The molecule has 2 bridgehead atoms. The maximum atomic E-state index is 15.2. The standard InChI is InChI=1S/C20H21ClF2N2O2S/c1-28(26,27)25-19-17(24-15-10-20(19,23)11-15)9-13-5-3-7-16(18(13)22)12-4-2-6-14(21)8-12/h2-8,15,17,19,24-25H,9-11H2,1H3/t15?,17-,19+,20?/m0/s1. The molecule has 0 spiro atoms. The van der Waals surface area contributed by atoms with Crippen molar-refractivity contribution >= 4 is 21.6 Å². The van der Waals surface area contributed by atoms with Gasteiger partial charge in [-0.3, -0.25) is 0 Å². The van der Waals surface area contributed by atoms with E-state index in [1.165, 1.54) is 0 Å². The molecule has 3 aliphatic rings. The highest BCUT2D eigenvalue weighted by atomic mass is 35.5. The molecule has 0 aromatic heterocycles. The van der Waals surface area contributed by atoms with Crippen LogP contribution in [0, 0.1) is 5.82 Å². The van der Waals surface area contributed by atoms with Crippen LogP contribution in [0.25, 0.3) is 11.1 Å². The highest BCUT2D eigenvalue weighted by molar-refractivity contribution is 7.88. The van der Waals surface area contributed by atoms with Crippen molar-refractivity contribution in [3.8, 4) is 11.1 Å². The van der Waals surface area contributed by atoms with E-state index in [1.54, 1.807) is 42.5 Å². The van der Waals surface area contributed by atoms with E-state index in [0.717, 1.165) is 6.26 Å². The van der Waals surface area contributed by atoms with Gasteiger partial charge >= 0.3 is 0 Å². The predicted molar refractivity (Wildman–Crippen MR) is 106 cm³/mol. The topological polar surface area (TPSA) is 58.2 Å². The van der Waals surface area contributed by atoms with E-state index in [0.29, 0.717) is 21.7 Å². The zero-order valence-corrected chi connectivity index (χ0v) is 16.8. The minimum atomic E-state index is -3.60. The molecule has 8 heteroatoms. The van der Waals surface area contributed by atoms with E-state index in [2.05, 4.69) is 10.0 Å². The molecule has 2 aromatic carbocycles. The lowest BCUT2D eigenvalue weighted by atomic mass is 9.65. The van der Waals surface area contributed by atoms with E-state index in [4.69, 9.17) is 11.6 Å². The Morgan fingerprint density at radius 3 is 2.64 bits per heavy atom. The summed E-state index contributed by atoms with van der Waals surface area (Å²) in [4.78, 5) is 0. The normalized spacial score (nSPS) is 29.4. The number of piperidine rings is 2. The van der Waals surface area contributed by atoms with Gasteiger partial charge < -0.3 is 5.32 Å². The van der Waals surface area contributed by atoms with Gasteiger partial charge in [-0.05, 0) is 42.5 Å². The highest BCUT2D eigenvalue weighted by Gasteiger charge is 2.58. The maximum absolute atomic E-state index is 15.2. The summed E-state index contributed by atoms with van der Waals surface area (Å²) in [5, 5.41) is 3.78. The lowest BCUT2D eigenvalue weighted by Crippen LogP contribution is -2.75. The van der Waals surface area contributed by atoms with Crippen LogP contribution < -0.4 is 10.0 Å². The summed E-state index contributed by atoms with van der Waals surface area (Å²) in [7, 11) is -3.60. The highest BCUT2D eigenvalue weighted by Crippen LogP contribution is 2.45. The predicted octanol–water partition coefficient (Wildman–Crippen LogP) is 3.45. The second-order valence-electron chi connectivity index (χ2n) is 7.77.